The number of nitrogens with zero attached hydrogens (tertiary/aromatic N) is 5. The lowest BCUT2D eigenvalue weighted by molar-refractivity contribution is -0.211. The molecule has 6 saturated carbocycles. The molecule has 41 heavy (non-hydrogen) atoms. The van der Waals surface area contributed by atoms with Crippen LogP contribution in [0.15, 0.2) is 41.2 Å². The van der Waals surface area contributed by atoms with Crippen molar-refractivity contribution < 1.29 is 18.4 Å². The summed E-state index contributed by atoms with van der Waals surface area (Å²) in [7, 11) is 1.54. The molecule has 3 aromatic rings. The second kappa shape index (κ2) is 8.82. The van der Waals surface area contributed by atoms with E-state index in [2.05, 4.69) is 35.9 Å². The number of rotatable bonds is 7. The van der Waals surface area contributed by atoms with Gasteiger partial charge in [0, 0.05) is 41.0 Å². The normalized spacial score (nSPS) is 31.7. The third kappa shape index (κ3) is 4.26. The minimum absolute atomic E-state index is 0.0143. The first-order valence-corrected chi connectivity index (χ1v) is 14.8. The topological polar surface area (TPSA) is 94.2 Å². The van der Waals surface area contributed by atoms with Crippen LogP contribution in [-0.4, -0.2) is 45.3 Å². The molecular formula is C32H38FN5O3. The van der Waals surface area contributed by atoms with Crippen LogP contribution < -0.4 is 9.64 Å². The van der Waals surface area contributed by atoms with Crippen LogP contribution in [0.4, 0.5) is 10.1 Å². The van der Waals surface area contributed by atoms with Crippen molar-refractivity contribution in [2.45, 2.75) is 95.1 Å². The maximum Gasteiger partial charge on any atom is 0.316 e. The predicted octanol–water partition coefficient (Wildman–Crippen LogP) is 6.35. The largest absolute Gasteiger partial charge is 0.467 e. The van der Waals surface area contributed by atoms with Crippen LogP contribution in [0.25, 0.3) is 11.1 Å². The molecule has 216 valence electrons. The van der Waals surface area contributed by atoms with E-state index in [4.69, 9.17) is 14.2 Å². The van der Waals surface area contributed by atoms with Crippen molar-refractivity contribution in [3.05, 3.63) is 48.4 Å². The average molecular weight is 560 g/mol. The van der Waals surface area contributed by atoms with E-state index in [1.54, 1.807) is 12.4 Å². The van der Waals surface area contributed by atoms with Crippen LogP contribution in [0.3, 0.4) is 0 Å². The van der Waals surface area contributed by atoms with Gasteiger partial charge in [-0.15, -0.1) is 0 Å². The van der Waals surface area contributed by atoms with Crippen LogP contribution in [0, 0.1) is 10.8 Å². The number of benzene rings is 1. The van der Waals surface area contributed by atoms with Crippen molar-refractivity contribution in [1.82, 2.24) is 20.1 Å². The molecule has 0 aliphatic heterocycles. The highest BCUT2D eigenvalue weighted by molar-refractivity contribution is 6.00. The fourth-order valence-corrected chi connectivity index (χ4v) is 7.78. The van der Waals surface area contributed by atoms with Crippen molar-refractivity contribution >= 4 is 11.6 Å². The molecule has 0 radical (unpaired) electrons. The fourth-order valence-electron chi connectivity index (χ4n) is 7.78. The number of hydrogen-bond donors (Lipinski definition) is 0. The zero-order valence-corrected chi connectivity index (χ0v) is 24.4. The van der Waals surface area contributed by atoms with Gasteiger partial charge >= 0.3 is 6.01 Å². The molecule has 1 amide bonds. The Labute approximate surface area is 240 Å². The van der Waals surface area contributed by atoms with Crippen LogP contribution in [0.2, 0.25) is 0 Å². The Morgan fingerprint density at radius 3 is 2.24 bits per heavy atom. The lowest BCUT2D eigenvalue weighted by Crippen LogP contribution is -2.71. The van der Waals surface area contributed by atoms with Gasteiger partial charge in [0.15, 0.2) is 5.82 Å². The van der Waals surface area contributed by atoms with E-state index in [0.717, 1.165) is 67.1 Å². The number of aromatic nitrogens is 4. The first-order valence-electron chi connectivity index (χ1n) is 14.8. The number of amides is 1. The van der Waals surface area contributed by atoms with Gasteiger partial charge in [0.2, 0.25) is 11.8 Å². The Hall–Kier alpha value is -3.36. The third-order valence-corrected chi connectivity index (χ3v) is 10.4. The lowest BCUT2D eigenvalue weighted by atomic mass is 9.41. The maximum absolute atomic E-state index is 14.6. The van der Waals surface area contributed by atoms with E-state index in [0.29, 0.717) is 31.8 Å². The molecule has 0 unspecified atom stereocenters. The molecule has 4 bridgehead atoms. The van der Waals surface area contributed by atoms with E-state index in [-0.39, 0.29) is 22.2 Å². The Balaban J connectivity index is 1.16. The van der Waals surface area contributed by atoms with Gasteiger partial charge in [0.05, 0.1) is 12.5 Å². The van der Waals surface area contributed by atoms with E-state index in [1.807, 2.05) is 29.2 Å². The molecule has 9 rings (SSSR count). The van der Waals surface area contributed by atoms with Crippen molar-refractivity contribution in [3.63, 3.8) is 0 Å². The molecule has 6 fully saturated rings. The van der Waals surface area contributed by atoms with Gasteiger partial charge in [-0.1, -0.05) is 38.1 Å². The van der Waals surface area contributed by atoms with Crippen molar-refractivity contribution in [3.8, 4) is 17.1 Å². The summed E-state index contributed by atoms with van der Waals surface area (Å²) in [6.45, 7) is 6.95. The maximum atomic E-state index is 14.6. The monoisotopic (exact) mass is 559 g/mol. The number of carbonyl (C=O) groups excluding carboxylic acids is 1. The summed E-state index contributed by atoms with van der Waals surface area (Å²) in [4.78, 5) is 29.5. The minimum Gasteiger partial charge on any atom is -0.467 e. The second-order valence-electron chi connectivity index (χ2n) is 14.3. The van der Waals surface area contributed by atoms with Crippen LogP contribution in [0.1, 0.15) is 90.3 Å². The van der Waals surface area contributed by atoms with Crippen molar-refractivity contribution in [2.75, 3.05) is 18.6 Å². The summed E-state index contributed by atoms with van der Waals surface area (Å²) in [5, 5.41) is 4.31. The zero-order chi connectivity index (χ0) is 28.7. The number of ether oxygens (including phenoxy) is 1. The van der Waals surface area contributed by atoms with Gasteiger partial charge in [0.1, 0.15) is 5.67 Å². The summed E-state index contributed by atoms with van der Waals surface area (Å²) in [5.74, 6) is 1.61. The number of halogens is 1. The molecule has 0 saturated heterocycles. The van der Waals surface area contributed by atoms with Gasteiger partial charge in [-0.2, -0.15) is 4.98 Å². The van der Waals surface area contributed by atoms with Gasteiger partial charge in [-0.3, -0.25) is 4.79 Å². The van der Waals surface area contributed by atoms with Crippen molar-refractivity contribution in [2.24, 2.45) is 10.8 Å². The molecule has 8 nitrogen and oxygen atoms in total. The lowest BCUT2D eigenvalue weighted by Gasteiger charge is -2.65. The van der Waals surface area contributed by atoms with Gasteiger partial charge in [-0.05, 0) is 80.9 Å². The molecular weight excluding hydrogens is 521 g/mol. The minimum atomic E-state index is -1.13. The molecule has 2 heterocycles. The summed E-state index contributed by atoms with van der Waals surface area (Å²) >= 11 is 0. The molecule has 0 atom stereocenters. The molecule has 0 N–H and O–H groups in total. The molecule has 0 spiro atoms. The Kier molecular flexibility index (Phi) is 5.71. The molecule has 6 aliphatic carbocycles. The zero-order valence-electron chi connectivity index (χ0n) is 24.4. The first-order chi connectivity index (χ1) is 19.5. The number of anilines is 1. The number of hydrogen-bond acceptors (Lipinski definition) is 7. The third-order valence-electron chi connectivity index (χ3n) is 10.4. The standard InChI is InChI=1S/C32H38FN5O3/c1-28(2,3)24-36-25(41-37-24)30-11-8-29(9-12-30,10-13-30)20-38(26(39)31-17-32(33,18-31)19-31)23-7-5-6-21(14-23)22-15-34-27(40-4)35-16-22/h5-7,14-16H,8-13,17-20H2,1-4H3. The highest BCUT2D eigenvalue weighted by atomic mass is 19.1. The molecule has 6 aliphatic rings. The highest BCUT2D eigenvalue weighted by Gasteiger charge is 2.73. The first kappa shape index (κ1) is 26.5. The van der Waals surface area contributed by atoms with Crippen LogP contribution >= 0.6 is 0 Å². The molecule has 9 heteroatoms. The van der Waals surface area contributed by atoms with E-state index < -0.39 is 11.1 Å². The van der Waals surface area contributed by atoms with Crippen LogP contribution in [-0.2, 0) is 15.6 Å². The SMILES string of the molecule is COc1ncc(-c2cccc(N(CC34CCC(c5nc(C(C)(C)C)no5)(CC3)CC4)C(=O)C34CC(F)(C3)C4)c2)cn1. The Bertz CT molecular complexity index is 1450. The van der Waals surface area contributed by atoms with Crippen LogP contribution in [0.5, 0.6) is 6.01 Å². The average Bonchev–Trinajstić information content (AvgIpc) is 3.47. The highest BCUT2D eigenvalue weighted by Crippen LogP contribution is 2.70. The second-order valence-corrected chi connectivity index (χ2v) is 14.3. The summed E-state index contributed by atoms with van der Waals surface area (Å²) < 4.78 is 25.5. The van der Waals surface area contributed by atoms with Crippen molar-refractivity contribution in [1.29, 1.82) is 0 Å². The van der Waals surface area contributed by atoms with E-state index in [9.17, 15) is 9.18 Å². The quantitative estimate of drug-likeness (QED) is 0.333. The Morgan fingerprint density at radius 2 is 1.68 bits per heavy atom. The smallest absolute Gasteiger partial charge is 0.316 e. The van der Waals surface area contributed by atoms with Gasteiger partial charge in [0.25, 0.3) is 0 Å². The Morgan fingerprint density at radius 1 is 1.02 bits per heavy atom. The predicted molar refractivity (Wildman–Crippen MR) is 151 cm³/mol. The summed E-state index contributed by atoms with van der Waals surface area (Å²) in [5.41, 5.74) is 0.731. The summed E-state index contributed by atoms with van der Waals surface area (Å²) in [6, 6.07) is 8.32. The van der Waals surface area contributed by atoms with E-state index >= 15 is 0 Å². The van der Waals surface area contributed by atoms with Gasteiger partial charge in [-0.25, -0.2) is 14.4 Å². The molecule has 1 aromatic carbocycles. The number of methoxy groups -OCH3 is 1. The molecule has 2 aromatic heterocycles. The summed E-state index contributed by atoms with van der Waals surface area (Å²) in [6.07, 6.45) is 10.4. The van der Waals surface area contributed by atoms with Gasteiger partial charge < -0.3 is 14.2 Å². The van der Waals surface area contributed by atoms with E-state index in [1.165, 1.54) is 7.11 Å². The number of alkyl halides is 1. The number of carbonyl (C=O) groups is 1. The fraction of sp³-hybridized carbons (Fsp3) is 0.594. The number of fused-ring (bicyclic) bond motifs is 3.